The summed E-state index contributed by atoms with van der Waals surface area (Å²) in [4.78, 5) is 6.25. The van der Waals surface area contributed by atoms with Gasteiger partial charge in [-0.3, -0.25) is 4.99 Å². The second-order valence-electron chi connectivity index (χ2n) is 6.68. The standard InChI is InChI=1S/C18H31N3O2S2.HI/c1-3-19-17(20-12-14-25(22,23)4-2)21-15-18(10-6-5-7-11-18)16-9-8-13-24-16;/h8-9,13H,3-7,10-12,14-15H2,1-2H3,(H2,19,20,21);1H. The first-order valence-electron chi connectivity index (χ1n) is 9.28. The van der Waals surface area contributed by atoms with Gasteiger partial charge in [-0.2, -0.15) is 0 Å². The molecule has 0 spiro atoms. The molecule has 2 N–H and O–H groups in total. The molecule has 1 heterocycles. The van der Waals surface area contributed by atoms with Crippen molar-refractivity contribution < 1.29 is 8.42 Å². The van der Waals surface area contributed by atoms with Gasteiger partial charge in [-0.05, 0) is 31.2 Å². The number of nitrogens with zero attached hydrogens (tertiary/aromatic N) is 1. The molecule has 26 heavy (non-hydrogen) atoms. The quantitative estimate of drug-likeness (QED) is 0.317. The van der Waals surface area contributed by atoms with E-state index in [9.17, 15) is 8.42 Å². The molecule has 0 saturated heterocycles. The molecule has 1 aromatic rings. The molecule has 0 unspecified atom stereocenters. The van der Waals surface area contributed by atoms with Gasteiger partial charge in [-0.25, -0.2) is 8.42 Å². The second-order valence-corrected chi connectivity index (χ2v) is 10.1. The number of nitrogens with one attached hydrogen (secondary N) is 2. The third kappa shape index (κ3) is 6.99. The van der Waals surface area contributed by atoms with Crippen LogP contribution in [0.3, 0.4) is 0 Å². The van der Waals surface area contributed by atoms with Crippen LogP contribution in [0.5, 0.6) is 0 Å². The van der Waals surface area contributed by atoms with E-state index in [1.807, 2.05) is 18.3 Å². The lowest BCUT2D eigenvalue weighted by Crippen LogP contribution is -2.41. The SMILES string of the molecule is CCNC(=NCC1(c2cccs2)CCCCC1)NCCS(=O)(=O)CC.I. The number of halogens is 1. The molecule has 1 aromatic heterocycles. The van der Waals surface area contributed by atoms with Crippen LogP contribution in [0.1, 0.15) is 50.8 Å². The van der Waals surface area contributed by atoms with Gasteiger partial charge in [0.2, 0.25) is 0 Å². The number of sulfone groups is 1. The van der Waals surface area contributed by atoms with Gasteiger partial charge in [0.25, 0.3) is 0 Å². The number of guanidine groups is 1. The molecule has 1 saturated carbocycles. The van der Waals surface area contributed by atoms with Crippen molar-refractivity contribution in [1.29, 1.82) is 0 Å². The van der Waals surface area contributed by atoms with E-state index in [-0.39, 0.29) is 40.9 Å². The molecule has 5 nitrogen and oxygen atoms in total. The van der Waals surface area contributed by atoms with Gasteiger partial charge in [0.05, 0.1) is 12.3 Å². The lowest BCUT2D eigenvalue weighted by molar-refractivity contribution is 0.306. The summed E-state index contributed by atoms with van der Waals surface area (Å²) in [5.41, 5.74) is 0.143. The summed E-state index contributed by atoms with van der Waals surface area (Å²) >= 11 is 1.83. The predicted octanol–water partition coefficient (Wildman–Crippen LogP) is 3.56. The Morgan fingerprint density at radius 1 is 1.23 bits per heavy atom. The molecule has 1 aliphatic carbocycles. The largest absolute Gasteiger partial charge is 0.357 e. The highest BCUT2D eigenvalue weighted by Crippen LogP contribution is 2.41. The second kappa shape index (κ2) is 11.5. The highest BCUT2D eigenvalue weighted by atomic mass is 127. The molecule has 150 valence electrons. The molecule has 8 heteroatoms. The first-order valence-corrected chi connectivity index (χ1v) is 12.0. The minimum absolute atomic E-state index is 0. The normalized spacial score (nSPS) is 17.4. The van der Waals surface area contributed by atoms with Crippen LogP contribution in [-0.4, -0.2) is 45.5 Å². The maximum atomic E-state index is 11.7. The van der Waals surface area contributed by atoms with Crippen molar-refractivity contribution in [1.82, 2.24) is 10.6 Å². The van der Waals surface area contributed by atoms with Crippen molar-refractivity contribution in [2.75, 3.05) is 31.1 Å². The molecular formula is C18H32IN3O2S2. The molecule has 1 fully saturated rings. The number of aliphatic imine (C=N–C) groups is 1. The topological polar surface area (TPSA) is 70.6 Å². The van der Waals surface area contributed by atoms with Crippen LogP contribution in [0.2, 0.25) is 0 Å². The Labute approximate surface area is 179 Å². The summed E-state index contributed by atoms with van der Waals surface area (Å²) in [5, 5.41) is 8.56. The highest BCUT2D eigenvalue weighted by molar-refractivity contribution is 14.0. The zero-order valence-electron chi connectivity index (χ0n) is 15.8. The summed E-state index contributed by atoms with van der Waals surface area (Å²) < 4.78 is 23.3. The van der Waals surface area contributed by atoms with E-state index < -0.39 is 9.84 Å². The van der Waals surface area contributed by atoms with Gasteiger partial charge in [0.1, 0.15) is 0 Å². The number of rotatable bonds is 8. The van der Waals surface area contributed by atoms with Crippen molar-refractivity contribution in [3.05, 3.63) is 22.4 Å². The van der Waals surface area contributed by atoms with Crippen LogP contribution in [0.4, 0.5) is 0 Å². The molecular weight excluding hydrogens is 481 g/mol. The van der Waals surface area contributed by atoms with E-state index in [1.165, 1.54) is 37.0 Å². The minimum atomic E-state index is -2.96. The van der Waals surface area contributed by atoms with Crippen LogP contribution >= 0.6 is 35.3 Å². The molecule has 1 aliphatic rings. The number of hydrogen-bond acceptors (Lipinski definition) is 4. The highest BCUT2D eigenvalue weighted by Gasteiger charge is 2.34. The first kappa shape index (κ1) is 23.7. The van der Waals surface area contributed by atoms with Crippen LogP contribution < -0.4 is 10.6 Å². The van der Waals surface area contributed by atoms with E-state index >= 15 is 0 Å². The average Bonchev–Trinajstić information content (AvgIpc) is 3.16. The predicted molar refractivity (Wildman–Crippen MR) is 123 cm³/mol. The number of thiophene rings is 1. The Hall–Kier alpha value is -0.350. The van der Waals surface area contributed by atoms with Gasteiger partial charge in [0, 0.05) is 29.1 Å². The molecule has 0 amide bonds. The van der Waals surface area contributed by atoms with E-state index in [0.29, 0.717) is 6.54 Å². The van der Waals surface area contributed by atoms with Crippen molar-refractivity contribution in [2.24, 2.45) is 4.99 Å². The van der Waals surface area contributed by atoms with Crippen molar-refractivity contribution >= 4 is 51.1 Å². The smallest absolute Gasteiger partial charge is 0.191 e. The third-order valence-corrected chi connectivity index (χ3v) is 7.71. The third-order valence-electron chi connectivity index (χ3n) is 4.88. The fourth-order valence-corrected chi connectivity index (χ4v) is 5.01. The Morgan fingerprint density at radius 3 is 2.54 bits per heavy atom. The molecule has 0 aromatic carbocycles. The lowest BCUT2D eigenvalue weighted by atomic mass is 9.73. The van der Waals surface area contributed by atoms with Gasteiger partial charge < -0.3 is 10.6 Å². The zero-order chi connectivity index (χ0) is 18.2. The Bertz CT molecular complexity index is 639. The van der Waals surface area contributed by atoms with Gasteiger partial charge >= 0.3 is 0 Å². The lowest BCUT2D eigenvalue weighted by Gasteiger charge is -2.35. The van der Waals surface area contributed by atoms with E-state index in [4.69, 9.17) is 4.99 Å². The molecule has 2 rings (SSSR count). The van der Waals surface area contributed by atoms with E-state index in [1.54, 1.807) is 6.92 Å². The van der Waals surface area contributed by atoms with Gasteiger partial charge in [0.15, 0.2) is 15.8 Å². The zero-order valence-corrected chi connectivity index (χ0v) is 19.8. The summed E-state index contributed by atoms with van der Waals surface area (Å²) in [6.45, 7) is 5.62. The summed E-state index contributed by atoms with van der Waals surface area (Å²) in [5.74, 6) is 1.05. The Morgan fingerprint density at radius 2 is 1.96 bits per heavy atom. The summed E-state index contributed by atoms with van der Waals surface area (Å²) in [6.07, 6.45) is 6.18. The van der Waals surface area contributed by atoms with Crippen molar-refractivity contribution in [3.63, 3.8) is 0 Å². The fourth-order valence-electron chi connectivity index (χ4n) is 3.33. The van der Waals surface area contributed by atoms with E-state index in [0.717, 1.165) is 19.0 Å². The summed E-state index contributed by atoms with van der Waals surface area (Å²) in [6, 6.07) is 4.36. The number of hydrogen-bond donors (Lipinski definition) is 2. The maximum Gasteiger partial charge on any atom is 0.191 e. The molecule has 0 aliphatic heterocycles. The van der Waals surface area contributed by atoms with Crippen LogP contribution in [0.25, 0.3) is 0 Å². The average molecular weight is 514 g/mol. The Balaban J connectivity index is 0.00000338. The van der Waals surface area contributed by atoms with Crippen LogP contribution in [0.15, 0.2) is 22.5 Å². The van der Waals surface area contributed by atoms with E-state index in [2.05, 4.69) is 28.1 Å². The van der Waals surface area contributed by atoms with Crippen LogP contribution in [0, 0.1) is 0 Å². The summed E-state index contributed by atoms with van der Waals surface area (Å²) in [7, 11) is -2.96. The molecule has 0 bridgehead atoms. The molecule has 0 atom stereocenters. The van der Waals surface area contributed by atoms with Gasteiger partial charge in [-0.1, -0.05) is 32.3 Å². The monoisotopic (exact) mass is 513 g/mol. The van der Waals surface area contributed by atoms with Crippen LogP contribution in [-0.2, 0) is 15.3 Å². The van der Waals surface area contributed by atoms with Crippen molar-refractivity contribution in [2.45, 2.75) is 51.4 Å². The van der Waals surface area contributed by atoms with Gasteiger partial charge in [-0.15, -0.1) is 35.3 Å². The van der Waals surface area contributed by atoms with Crippen molar-refractivity contribution in [3.8, 4) is 0 Å². The maximum absolute atomic E-state index is 11.7. The Kier molecular flexibility index (Phi) is 10.5. The first-order chi connectivity index (χ1) is 12.0. The minimum Gasteiger partial charge on any atom is -0.357 e. The molecule has 0 radical (unpaired) electrons. The fraction of sp³-hybridized carbons (Fsp3) is 0.722.